The minimum absolute atomic E-state index is 0.0517. The average molecular weight is 596 g/mol. The summed E-state index contributed by atoms with van der Waals surface area (Å²) in [6, 6.07) is 4.59. The molecular formula is C32H48ClF2N3O3. The van der Waals surface area contributed by atoms with Gasteiger partial charge in [0.2, 0.25) is 5.91 Å². The Morgan fingerprint density at radius 2 is 1.78 bits per heavy atom. The lowest BCUT2D eigenvalue weighted by molar-refractivity contribution is -0.161. The number of benzene rings is 1. The number of carbonyl (C=O) groups is 2. The Bertz CT molecular complexity index is 1050. The molecule has 0 aromatic heterocycles. The fourth-order valence-corrected chi connectivity index (χ4v) is 7.28. The van der Waals surface area contributed by atoms with Crippen LogP contribution in [0.5, 0.6) is 0 Å². The number of amides is 1. The number of piperidine rings is 1. The molecule has 1 amide bonds. The number of carbonyl (C=O) groups excluding carboxylic acids is 2. The van der Waals surface area contributed by atoms with Crippen LogP contribution in [0.1, 0.15) is 96.6 Å². The zero-order valence-electron chi connectivity index (χ0n) is 25.2. The predicted molar refractivity (Wildman–Crippen MR) is 158 cm³/mol. The zero-order chi connectivity index (χ0) is 29.8. The van der Waals surface area contributed by atoms with E-state index in [2.05, 4.69) is 10.2 Å². The van der Waals surface area contributed by atoms with Crippen LogP contribution < -0.4 is 5.32 Å². The number of alkyl halides is 2. The molecule has 9 heteroatoms. The van der Waals surface area contributed by atoms with Gasteiger partial charge in [0.05, 0.1) is 11.8 Å². The number of hydrogen-bond donors (Lipinski definition) is 1. The topological polar surface area (TPSA) is 61.9 Å². The van der Waals surface area contributed by atoms with Gasteiger partial charge in [-0.15, -0.1) is 0 Å². The molecule has 2 aliphatic heterocycles. The Kier molecular flexibility index (Phi) is 10.7. The first-order chi connectivity index (χ1) is 19.4. The van der Waals surface area contributed by atoms with Gasteiger partial charge in [-0.2, -0.15) is 0 Å². The first-order valence-electron chi connectivity index (χ1n) is 15.4. The summed E-state index contributed by atoms with van der Waals surface area (Å²) in [6.07, 6.45) is 5.75. The molecule has 3 fully saturated rings. The van der Waals surface area contributed by atoms with E-state index in [1.165, 1.54) is 44.2 Å². The van der Waals surface area contributed by atoms with E-state index >= 15 is 0 Å². The highest BCUT2D eigenvalue weighted by Gasteiger charge is 2.52. The van der Waals surface area contributed by atoms with Crippen LogP contribution >= 0.6 is 11.6 Å². The molecule has 4 rings (SSSR count). The second-order valence-electron chi connectivity index (χ2n) is 13.7. The van der Waals surface area contributed by atoms with Crippen molar-refractivity contribution >= 4 is 23.5 Å². The minimum Gasteiger partial charge on any atom is -0.460 e. The number of halogens is 3. The summed E-state index contributed by atoms with van der Waals surface area (Å²) in [6.45, 7) is 11.4. The average Bonchev–Trinajstić information content (AvgIpc) is 3.21. The Labute approximate surface area is 249 Å². The van der Waals surface area contributed by atoms with Crippen LogP contribution in [0.4, 0.5) is 8.78 Å². The van der Waals surface area contributed by atoms with Crippen molar-refractivity contribution in [3.05, 3.63) is 34.3 Å². The Balaban J connectivity index is 1.45. The molecule has 1 aromatic carbocycles. The summed E-state index contributed by atoms with van der Waals surface area (Å²) in [5.74, 6) is 0.0481. The molecule has 1 aromatic rings. The van der Waals surface area contributed by atoms with Gasteiger partial charge < -0.3 is 15.0 Å². The maximum Gasteiger partial charge on any atom is 0.307 e. The van der Waals surface area contributed by atoms with Crippen LogP contribution in [0, 0.1) is 17.3 Å². The third-order valence-corrected chi connectivity index (χ3v) is 9.60. The lowest BCUT2D eigenvalue weighted by Gasteiger charge is -2.38. The standard InChI is InChI=1S/C32H48ClF2N3O3/c1-22-18-38(20-26-25(29(34)35)11-8-12-27(26)33)21-32(22,17-28(39)41-31(2,3)4)30(40)36-24-13-15-37(16-14-24)19-23-9-6-5-7-10-23/h8,11-12,22-24,29H,5-7,9-10,13-21H2,1-4H3,(H,36,40)/t22-,32+/m1/s1. The van der Waals surface area contributed by atoms with E-state index < -0.39 is 23.4 Å². The second kappa shape index (κ2) is 13.7. The number of esters is 1. The summed E-state index contributed by atoms with van der Waals surface area (Å²) in [5.41, 5.74) is -1.42. The highest BCUT2D eigenvalue weighted by molar-refractivity contribution is 6.31. The van der Waals surface area contributed by atoms with E-state index in [9.17, 15) is 18.4 Å². The van der Waals surface area contributed by atoms with Crippen LogP contribution in [-0.2, 0) is 20.9 Å². The predicted octanol–water partition coefficient (Wildman–Crippen LogP) is 6.61. The van der Waals surface area contributed by atoms with Gasteiger partial charge in [-0.05, 0) is 69.9 Å². The van der Waals surface area contributed by atoms with Crippen molar-refractivity contribution in [1.82, 2.24) is 15.1 Å². The summed E-state index contributed by atoms with van der Waals surface area (Å²) in [7, 11) is 0. The first-order valence-corrected chi connectivity index (χ1v) is 15.8. The highest BCUT2D eigenvalue weighted by atomic mass is 35.5. The van der Waals surface area contributed by atoms with Gasteiger partial charge in [0.25, 0.3) is 6.43 Å². The smallest absolute Gasteiger partial charge is 0.307 e. The Hall–Kier alpha value is -1.77. The minimum atomic E-state index is -2.65. The van der Waals surface area contributed by atoms with Crippen LogP contribution in [0.3, 0.4) is 0 Å². The van der Waals surface area contributed by atoms with Gasteiger partial charge in [-0.25, -0.2) is 8.78 Å². The molecule has 2 saturated heterocycles. The van der Waals surface area contributed by atoms with E-state index in [1.54, 1.807) is 6.07 Å². The molecule has 3 aliphatic rings. The van der Waals surface area contributed by atoms with Crippen LogP contribution in [-0.4, -0.2) is 66.0 Å². The molecule has 0 spiro atoms. The molecule has 2 heterocycles. The van der Waals surface area contributed by atoms with Gasteiger partial charge in [-0.3, -0.25) is 14.5 Å². The lowest BCUT2D eigenvalue weighted by Crippen LogP contribution is -2.53. The third kappa shape index (κ3) is 8.41. The van der Waals surface area contributed by atoms with Crippen molar-refractivity contribution in [3.63, 3.8) is 0 Å². The Morgan fingerprint density at radius 1 is 1.10 bits per heavy atom. The summed E-state index contributed by atoms with van der Waals surface area (Å²) >= 11 is 6.36. The largest absolute Gasteiger partial charge is 0.460 e. The van der Waals surface area contributed by atoms with Crippen molar-refractivity contribution in [2.24, 2.45) is 17.3 Å². The van der Waals surface area contributed by atoms with Crippen molar-refractivity contribution in [3.8, 4) is 0 Å². The van der Waals surface area contributed by atoms with Crippen molar-refractivity contribution in [2.75, 3.05) is 32.7 Å². The van der Waals surface area contributed by atoms with E-state index in [4.69, 9.17) is 16.3 Å². The van der Waals surface area contributed by atoms with Gasteiger partial charge in [0.15, 0.2) is 0 Å². The molecule has 0 radical (unpaired) electrons. The van der Waals surface area contributed by atoms with Gasteiger partial charge in [0, 0.05) is 55.9 Å². The number of hydrogen-bond acceptors (Lipinski definition) is 5. The fraction of sp³-hybridized carbons (Fsp3) is 0.750. The summed E-state index contributed by atoms with van der Waals surface area (Å²) in [4.78, 5) is 31.7. The monoisotopic (exact) mass is 595 g/mol. The Morgan fingerprint density at radius 3 is 2.41 bits per heavy atom. The lowest BCUT2D eigenvalue weighted by atomic mass is 9.75. The SMILES string of the molecule is C[C@@H]1CN(Cc2c(Cl)cccc2C(F)F)C[C@]1(CC(=O)OC(C)(C)C)C(=O)NC1CCN(CC2CCCCC2)CC1. The fourth-order valence-electron chi connectivity index (χ4n) is 7.04. The molecule has 0 bridgehead atoms. The molecule has 1 saturated carbocycles. The summed E-state index contributed by atoms with van der Waals surface area (Å²) in [5, 5.41) is 3.59. The number of rotatable bonds is 9. The molecule has 41 heavy (non-hydrogen) atoms. The van der Waals surface area contributed by atoms with Crippen LogP contribution in [0.25, 0.3) is 0 Å². The zero-order valence-corrected chi connectivity index (χ0v) is 25.9. The maximum atomic E-state index is 14.1. The molecule has 0 unspecified atom stereocenters. The maximum absolute atomic E-state index is 14.1. The summed E-state index contributed by atoms with van der Waals surface area (Å²) < 4.78 is 33.2. The highest BCUT2D eigenvalue weighted by Crippen LogP contribution is 2.42. The van der Waals surface area contributed by atoms with Crippen molar-refractivity contribution in [1.29, 1.82) is 0 Å². The number of nitrogens with one attached hydrogen (secondary N) is 1. The molecule has 230 valence electrons. The van der Waals surface area contributed by atoms with E-state index in [0.717, 1.165) is 38.4 Å². The van der Waals surface area contributed by atoms with Gasteiger partial charge >= 0.3 is 5.97 Å². The normalized spacial score (nSPS) is 25.5. The number of likely N-dealkylation sites (tertiary alicyclic amines) is 2. The molecule has 6 nitrogen and oxygen atoms in total. The van der Waals surface area contributed by atoms with Crippen molar-refractivity contribution < 1.29 is 23.1 Å². The van der Waals surface area contributed by atoms with Crippen molar-refractivity contribution in [2.45, 2.75) is 104 Å². The number of ether oxygens (including phenoxy) is 1. The quantitative estimate of drug-likeness (QED) is 0.326. The van der Waals surface area contributed by atoms with Crippen LogP contribution in [0.15, 0.2) is 18.2 Å². The van der Waals surface area contributed by atoms with Gasteiger partial charge in [-0.1, -0.05) is 49.9 Å². The van der Waals surface area contributed by atoms with E-state index in [-0.39, 0.29) is 48.0 Å². The second-order valence-corrected chi connectivity index (χ2v) is 14.1. The first kappa shape index (κ1) is 32.2. The van der Waals surface area contributed by atoms with Gasteiger partial charge in [0.1, 0.15) is 5.60 Å². The van der Waals surface area contributed by atoms with Crippen LogP contribution in [0.2, 0.25) is 5.02 Å². The molecule has 1 aliphatic carbocycles. The molecule has 2 atom stereocenters. The molecular weight excluding hydrogens is 548 g/mol. The molecule has 1 N–H and O–H groups in total. The third-order valence-electron chi connectivity index (χ3n) is 9.25. The number of nitrogens with zero attached hydrogens (tertiary/aromatic N) is 2. The van der Waals surface area contributed by atoms with E-state index in [1.807, 2.05) is 32.6 Å². The van der Waals surface area contributed by atoms with E-state index in [0.29, 0.717) is 12.1 Å².